The normalized spacial score (nSPS) is 14.1. The molecule has 0 aliphatic heterocycles. The molecule has 1 aromatic heterocycles. The summed E-state index contributed by atoms with van der Waals surface area (Å²) in [4.78, 5) is 0. The number of para-hydroxylation sites is 1. The van der Waals surface area contributed by atoms with Crippen molar-refractivity contribution in [3.05, 3.63) is 30.3 Å². The topological polar surface area (TPSA) is 75.9 Å². The minimum Gasteiger partial charge on any atom is -0.387 e. The van der Waals surface area contributed by atoms with Crippen molar-refractivity contribution in [2.24, 2.45) is 0 Å². The third-order valence-electron chi connectivity index (χ3n) is 2.55. The van der Waals surface area contributed by atoms with Gasteiger partial charge in [0.25, 0.3) is 0 Å². The highest BCUT2D eigenvalue weighted by atomic mass is 32.2. The zero-order valence-corrected chi connectivity index (χ0v) is 11.8. The largest absolute Gasteiger partial charge is 0.387 e. The summed E-state index contributed by atoms with van der Waals surface area (Å²) in [6.45, 7) is 2.17. The van der Waals surface area contributed by atoms with Gasteiger partial charge in [0, 0.05) is 12.3 Å². The van der Waals surface area contributed by atoms with Crippen LogP contribution in [0.25, 0.3) is 5.69 Å². The summed E-state index contributed by atoms with van der Waals surface area (Å²) in [6.07, 6.45) is 1.96. The summed E-state index contributed by atoms with van der Waals surface area (Å²) in [7, 11) is 0. The molecule has 0 bridgehead atoms. The molecule has 2 rings (SSSR count). The van der Waals surface area contributed by atoms with E-state index >= 15 is 0 Å². The number of tetrazole rings is 1. The molecule has 0 aliphatic carbocycles. The quantitative estimate of drug-likeness (QED) is 0.827. The number of hydrogen-bond acceptors (Lipinski definition) is 6. The number of thioether (sulfide) groups is 1. The van der Waals surface area contributed by atoms with Gasteiger partial charge < -0.3 is 10.4 Å². The molecule has 1 aromatic carbocycles. The van der Waals surface area contributed by atoms with Crippen LogP contribution in [0.3, 0.4) is 0 Å². The third-order valence-corrected chi connectivity index (χ3v) is 3.46. The molecular weight excluding hydrogens is 262 g/mol. The van der Waals surface area contributed by atoms with Crippen molar-refractivity contribution in [3.63, 3.8) is 0 Å². The van der Waals surface area contributed by atoms with E-state index in [4.69, 9.17) is 0 Å². The fourth-order valence-electron chi connectivity index (χ4n) is 1.67. The van der Waals surface area contributed by atoms with E-state index in [1.165, 1.54) is 0 Å². The summed E-state index contributed by atoms with van der Waals surface area (Å²) < 4.78 is 1.61. The molecule has 2 N–H and O–H groups in total. The van der Waals surface area contributed by atoms with Crippen LogP contribution in [0.4, 0.5) is 5.95 Å². The number of nitrogens with zero attached hydrogens (tertiary/aromatic N) is 4. The Morgan fingerprint density at radius 1 is 1.37 bits per heavy atom. The molecule has 0 unspecified atom stereocenters. The lowest BCUT2D eigenvalue weighted by atomic mass is 10.1. The molecule has 0 aliphatic rings. The summed E-state index contributed by atoms with van der Waals surface area (Å²) >= 11 is 1.60. The van der Waals surface area contributed by atoms with Gasteiger partial charge in [0.15, 0.2) is 0 Å². The SMILES string of the molecule is CSC[C@](C)(O)CNc1nnnn1-c1ccccc1. The smallest absolute Gasteiger partial charge is 0.247 e. The molecule has 0 amide bonds. The van der Waals surface area contributed by atoms with Crippen LogP contribution in [0.5, 0.6) is 0 Å². The molecule has 1 heterocycles. The Bertz CT molecular complexity index is 514. The zero-order chi connectivity index (χ0) is 13.7. The van der Waals surface area contributed by atoms with E-state index in [0.29, 0.717) is 18.2 Å². The van der Waals surface area contributed by atoms with Gasteiger partial charge in [-0.2, -0.15) is 16.4 Å². The number of aromatic nitrogens is 4. The first kappa shape index (κ1) is 13.8. The van der Waals surface area contributed by atoms with E-state index in [0.717, 1.165) is 5.69 Å². The predicted octanol–water partition coefficient (Wildman–Crippen LogP) is 1.19. The lowest BCUT2D eigenvalue weighted by Crippen LogP contribution is -2.36. The highest BCUT2D eigenvalue weighted by Crippen LogP contribution is 2.14. The number of aliphatic hydroxyl groups is 1. The molecule has 0 radical (unpaired) electrons. The van der Waals surface area contributed by atoms with Crippen LogP contribution in [0.15, 0.2) is 30.3 Å². The van der Waals surface area contributed by atoms with Gasteiger partial charge in [-0.25, -0.2) is 0 Å². The van der Waals surface area contributed by atoms with Gasteiger partial charge in [0.1, 0.15) is 0 Å². The van der Waals surface area contributed by atoms with Crippen LogP contribution < -0.4 is 5.32 Å². The first-order chi connectivity index (χ1) is 9.12. The van der Waals surface area contributed by atoms with Crippen molar-refractivity contribution >= 4 is 17.7 Å². The molecule has 6 nitrogen and oxygen atoms in total. The summed E-state index contributed by atoms with van der Waals surface area (Å²) in [5.41, 5.74) is 0.0758. The molecule has 19 heavy (non-hydrogen) atoms. The van der Waals surface area contributed by atoms with Crippen LogP contribution in [0.2, 0.25) is 0 Å². The van der Waals surface area contributed by atoms with Crippen molar-refractivity contribution < 1.29 is 5.11 Å². The Morgan fingerprint density at radius 3 is 2.79 bits per heavy atom. The fourth-order valence-corrected chi connectivity index (χ4v) is 2.40. The van der Waals surface area contributed by atoms with Gasteiger partial charge in [-0.05, 0) is 35.7 Å². The molecule has 7 heteroatoms. The predicted molar refractivity (Wildman–Crippen MR) is 76.6 cm³/mol. The highest BCUT2D eigenvalue weighted by molar-refractivity contribution is 7.98. The van der Waals surface area contributed by atoms with E-state index in [2.05, 4.69) is 20.8 Å². The Balaban J connectivity index is 2.09. The first-order valence-corrected chi connectivity index (χ1v) is 7.31. The number of nitrogens with one attached hydrogen (secondary N) is 1. The standard InChI is InChI=1S/C12H17N5OS/c1-12(18,9-19-2)8-13-11-14-15-16-17(11)10-6-4-3-5-7-10/h3-7,18H,8-9H2,1-2H3,(H,13,14,16)/t12-/m1/s1. The van der Waals surface area contributed by atoms with Crippen molar-refractivity contribution in [1.29, 1.82) is 0 Å². The average Bonchev–Trinajstić information content (AvgIpc) is 2.86. The van der Waals surface area contributed by atoms with Crippen LogP contribution in [-0.4, -0.2) is 49.5 Å². The average molecular weight is 279 g/mol. The van der Waals surface area contributed by atoms with E-state index < -0.39 is 5.60 Å². The molecule has 0 saturated carbocycles. The summed E-state index contributed by atoms with van der Waals surface area (Å²) in [6, 6.07) is 9.61. The Kier molecular flexibility index (Phi) is 4.39. The molecule has 2 aromatic rings. The van der Waals surface area contributed by atoms with E-state index in [9.17, 15) is 5.11 Å². The van der Waals surface area contributed by atoms with E-state index in [1.807, 2.05) is 36.6 Å². The van der Waals surface area contributed by atoms with Crippen LogP contribution >= 0.6 is 11.8 Å². The first-order valence-electron chi connectivity index (χ1n) is 5.91. The lowest BCUT2D eigenvalue weighted by molar-refractivity contribution is 0.0995. The minimum atomic E-state index is -0.799. The van der Waals surface area contributed by atoms with Crippen molar-refractivity contribution in [3.8, 4) is 5.69 Å². The van der Waals surface area contributed by atoms with Crippen molar-refractivity contribution in [2.45, 2.75) is 12.5 Å². The van der Waals surface area contributed by atoms with Gasteiger partial charge in [0.2, 0.25) is 5.95 Å². The van der Waals surface area contributed by atoms with E-state index in [1.54, 1.807) is 23.4 Å². The Labute approximate surface area is 116 Å². The van der Waals surface area contributed by atoms with Gasteiger partial charge in [-0.15, -0.1) is 0 Å². The number of rotatable bonds is 6. The Hall–Kier alpha value is -1.60. The third kappa shape index (κ3) is 3.68. The molecular formula is C12H17N5OS. The second-order valence-corrected chi connectivity index (χ2v) is 5.40. The maximum Gasteiger partial charge on any atom is 0.247 e. The van der Waals surface area contributed by atoms with Gasteiger partial charge >= 0.3 is 0 Å². The maximum absolute atomic E-state index is 10.1. The molecule has 0 spiro atoms. The molecule has 0 fully saturated rings. The number of hydrogen-bond donors (Lipinski definition) is 2. The van der Waals surface area contributed by atoms with E-state index in [-0.39, 0.29) is 0 Å². The second-order valence-electron chi connectivity index (χ2n) is 4.53. The monoisotopic (exact) mass is 279 g/mol. The highest BCUT2D eigenvalue weighted by Gasteiger charge is 2.20. The van der Waals surface area contributed by atoms with Gasteiger partial charge in [0.05, 0.1) is 11.3 Å². The van der Waals surface area contributed by atoms with Crippen molar-refractivity contribution in [1.82, 2.24) is 20.2 Å². The molecule has 0 saturated heterocycles. The minimum absolute atomic E-state index is 0.390. The van der Waals surface area contributed by atoms with Gasteiger partial charge in [-0.3, -0.25) is 0 Å². The maximum atomic E-state index is 10.1. The summed E-state index contributed by atoms with van der Waals surface area (Å²) in [5, 5.41) is 24.7. The number of anilines is 1. The zero-order valence-electron chi connectivity index (χ0n) is 10.9. The fraction of sp³-hybridized carbons (Fsp3) is 0.417. The van der Waals surface area contributed by atoms with Gasteiger partial charge in [-0.1, -0.05) is 23.3 Å². The molecule has 1 atom stereocenters. The molecule has 102 valence electrons. The lowest BCUT2D eigenvalue weighted by Gasteiger charge is -2.22. The van der Waals surface area contributed by atoms with Crippen LogP contribution in [0, 0.1) is 0 Å². The van der Waals surface area contributed by atoms with Crippen LogP contribution in [0.1, 0.15) is 6.92 Å². The van der Waals surface area contributed by atoms with Crippen LogP contribution in [-0.2, 0) is 0 Å². The number of benzene rings is 1. The summed E-state index contributed by atoms with van der Waals surface area (Å²) in [5.74, 6) is 1.17. The second kappa shape index (κ2) is 6.03. The van der Waals surface area contributed by atoms with Crippen molar-refractivity contribution in [2.75, 3.05) is 23.9 Å². The Morgan fingerprint density at radius 2 is 2.11 bits per heavy atom.